The van der Waals surface area contributed by atoms with Crippen LogP contribution < -0.4 is 5.32 Å². The van der Waals surface area contributed by atoms with E-state index in [-0.39, 0.29) is 17.9 Å². The van der Waals surface area contributed by atoms with Gasteiger partial charge >= 0.3 is 0 Å². The van der Waals surface area contributed by atoms with Gasteiger partial charge in [0.2, 0.25) is 5.91 Å². The first kappa shape index (κ1) is 17.8. The molecule has 2 aliphatic heterocycles. The van der Waals surface area contributed by atoms with Gasteiger partial charge in [-0.2, -0.15) is 0 Å². The minimum Gasteiger partial charge on any atom is -0.356 e. The van der Waals surface area contributed by atoms with Crippen LogP contribution in [0.4, 0.5) is 0 Å². The molecule has 8 heteroatoms. The molecule has 24 heavy (non-hydrogen) atoms. The van der Waals surface area contributed by atoms with Gasteiger partial charge in [0, 0.05) is 36.5 Å². The Kier molecular flexibility index (Phi) is 5.89. The summed E-state index contributed by atoms with van der Waals surface area (Å²) in [7, 11) is -2.83. The first-order valence-electron chi connectivity index (χ1n) is 8.64. The molecule has 3 rings (SSSR count). The lowest BCUT2D eigenvalue weighted by molar-refractivity contribution is -0.126. The van der Waals surface area contributed by atoms with Crippen LogP contribution in [0.1, 0.15) is 30.7 Å². The third-order valence-corrected chi connectivity index (χ3v) is 7.57. The maximum atomic E-state index is 12.3. The lowest BCUT2D eigenvalue weighted by Crippen LogP contribution is -2.45. The zero-order chi connectivity index (χ0) is 17.0. The molecule has 2 saturated heterocycles. The minimum absolute atomic E-state index is 0.0686. The number of amides is 1. The van der Waals surface area contributed by atoms with Crippen molar-refractivity contribution in [2.75, 3.05) is 31.1 Å². The van der Waals surface area contributed by atoms with Crippen molar-refractivity contribution in [2.45, 2.75) is 38.1 Å². The fourth-order valence-electron chi connectivity index (χ4n) is 3.56. The van der Waals surface area contributed by atoms with Crippen LogP contribution >= 0.6 is 11.3 Å². The molecule has 0 aliphatic carbocycles. The average molecular weight is 372 g/mol. The lowest BCUT2D eigenvalue weighted by atomic mass is 9.94. The topological polar surface area (TPSA) is 79.4 Å². The van der Waals surface area contributed by atoms with Gasteiger partial charge in [-0.15, -0.1) is 11.3 Å². The zero-order valence-electron chi connectivity index (χ0n) is 13.8. The van der Waals surface area contributed by atoms with Crippen molar-refractivity contribution >= 4 is 27.1 Å². The molecule has 0 spiro atoms. The molecule has 1 aromatic heterocycles. The van der Waals surface area contributed by atoms with Crippen molar-refractivity contribution in [1.29, 1.82) is 0 Å². The molecule has 0 bridgehead atoms. The summed E-state index contributed by atoms with van der Waals surface area (Å²) in [5.74, 6) is 0.824. The summed E-state index contributed by atoms with van der Waals surface area (Å²) in [5.41, 5.74) is 0. The van der Waals surface area contributed by atoms with E-state index in [2.05, 4.69) is 15.2 Å². The SMILES string of the molecule is O=C(NCCCc1nccs1)C1CCN([C@H]2CCS(=O)(=O)C2)CC1. The van der Waals surface area contributed by atoms with Crippen LogP contribution in [0.3, 0.4) is 0 Å². The summed E-state index contributed by atoms with van der Waals surface area (Å²) < 4.78 is 23.2. The first-order chi connectivity index (χ1) is 11.5. The highest BCUT2D eigenvalue weighted by molar-refractivity contribution is 7.91. The lowest BCUT2D eigenvalue weighted by Gasteiger charge is -2.34. The van der Waals surface area contributed by atoms with Gasteiger partial charge in [-0.25, -0.2) is 13.4 Å². The van der Waals surface area contributed by atoms with E-state index in [1.165, 1.54) is 0 Å². The number of carbonyl (C=O) groups excluding carboxylic acids is 1. The second kappa shape index (κ2) is 7.93. The van der Waals surface area contributed by atoms with Crippen LogP contribution in [0.15, 0.2) is 11.6 Å². The van der Waals surface area contributed by atoms with E-state index in [9.17, 15) is 13.2 Å². The van der Waals surface area contributed by atoms with E-state index < -0.39 is 9.84 Å². The summed E-state index contributed by atoms with van der Waals surface area (Å²) in [4.78, 5) is 18.7. The van der Waals surface area contributed by atoms with Gasteiger partial charge in [0.15, 0.2) is 9.84 Å². The summed E-state index contributed by atoms with van der Waals surface area (Å²) in [5, 5.41) is 6.12. The summed E-state index contributed by atoms with van der Waals surface area (Å²) in [6.45, 7) is 2.36. The van der Waals surface area contributed by atoms with Crippen molar-refractivity contribution < 1.29 is 13.2 Å². The number of nitrogens with zero attached hydrogens (tertiary/aromatic N) is 2. The molecule has 2 aliphatic rings. The number of hydrogen-bond acceptors (Lipinski definition) is 6. The molecular weight excluding hydrogens is 346 g/mol. The van der Waals surface area contributed by atoms with Crippen molar-refractivity contribution in [2.24, 2.45) is 5.92 Å². The Hall–Kier alpha value is -0.990. The Morgan fingerprint density at radius 1 is 1.33 bits per heavy atom. The van der Waals surface area contributed by atoms with E-state index in [1.54, 1.807) is 11.3 Å². The Bertz CT molecular complexity index is 638. The number of piperidine rings is 1. The Labute approximate surface area is 147 Å². The van der Waals surface area contributed by atoms with Crippen LogP contribution in [0.25, 0.3) is 0 Å². The third kappa shape index (κ3) is 4.77. The van der Waals surface area contributed by atoms with Gasteiger partial charge in [0.1, 0.15) is 0 Å². The predicted molar refractivity (Wildman–Crippen MR) is 94.8 cm³/mol. The molecule has 0 radical (unpaired) electrons. The molecule has 3 heterocycles. The van der Waals surface area contributed by atoms with Gasteiger partial charge in [-0.1, -0.05) is 0 Å². The monoisotopic (exact) mass is 371 g/mol. The highest BCUT2D eigenvalue weighted by Crippen LogP contribution is 2.24. The highest BCUT2D eigenvalue weighted by Gasteiger charge is 2.35. The largest absolute Gasteiger partial charge is 0.356 e. The number of hydrogen-bond donors (Lipinski definition) is 1. The number of sulfone groups is 1. The third-order valence-electron chi connectivity index (χ3n) is 4.98. The number of likely N-dealkylation sites (tertiary alicyclic amines) is 1. The number of aromatic nitrogens is 1. The van der Waals surface area contributed by atoms with Crippen molar-refractivity contribution in [3.05, 3.63) is 16.6 Å². The Balaban J connectivity index is 1.34. The molecule has 134 valence electrons. The van der Waals surface area contributed by atoms with Crippen molar-refractivity contribution in [1.82, 2.24) is 15.2 Å². The molecule has 0 unspecified atom stereocenters. The predicted octanol–water partition coefficient (Wildman–Crippen LogP) is 1.09. The fourth-order valence-corrected chi connectivity index (χ4v) is 5.99. The number of aryl methyl sites for hydroxylation is 1. The minimum atomic E-state index is -2.83. The van der Waals surface area contributed by atoms with Crippen molar-refractivity contribution in [3.8, 4) is 0 Å². The first-order valence-corrected chi connectivity index (χ1v) is 11.3. The van der Waals surface area contributed by atoms with Gasteiger partial charge in [0.05, 0.1) is 16.5 Å². The molecule has 1 aromatic rings. The molecule has 0 saturated carbocycles. The second-order valence-corrected chi connectivity index (χ2v) is 9.90. The van der Waals surface area contributed by atoms with Crippen molar-refractivity contribution in [3.63, 3.8) is 0 Å². The van der Waals surface area contributed by atoms with Gasteiger partial charge in [-0.3, -0.25) is 9.69 Å². The molecule has 0 aromatic carbocycles. The molecule has 6 nitrogen and oxygen atoms in total. The quantitative estimate of drug-likeness (QED) is 0.758. The van der Waals surface area contributed by atoms with E-state index in [0.717, 1.165) is 50.2 Å². The van der Waals surface area contributed by atoms with Gasteiger partial charge in [0.25, 0.3) is 0 Å². The molecular formula is C16H25N3O3S2. The summed E-state index contributed by atoms with van der Waals surface area (Å²) in [6.07, 6.45) is 6.03. The normalized spacial score (nSPS) is 24.9. The van der Waals surface area contributed by atoms with Gasteiger partial charge < -0.3 is 5.32 Å². The number of carbonyl (C=O) groups is 1. The fraction of sp³-hybridized carbons (Fsp3) is 0.750. The number of nitrogens with one attached hydrogen (secondary N) is 1. The smallest absolute Gasteiger partial charge is 0.223 e. The molecule has 1 amide bonds. The molecule has 2 fully saturated rings. The van der Waals surface area contributed by atoms with E-state index >= 15 is 0 Å². The van der Waals surface area contributed by atoms with E-state index in [1.807, 2.05) is 11.6 Å². The number of thiazole rings is 1. The number of rotatable bonds is 6. The van der Waals surface area contributed by atoms with Crippen LogP contribution in [0.2, 0.25) is 0 Å². The van der Waals surface area contributed by atoms with E-state index in [0.29, 0.717) is 18.1 Å². The highest BCUT2D eigenvalue weighted by atomic mass is 32.2. The zero-order valence-corrected chi connectivity index (χ0v) is 15.4. The van der Waals surface area contributed by atoms with Gasteiger partial charge in [-0.05, 0) is 38.8 Å². The van der Waals surface area contributed by atoms with Crippen LogP contribution in [0.5, 0.6) is 0 Å². The standard InChI is InChI=1S/C16H25N3O3S2/c20-16(18-6-1-2-15-17-7-10-23-15)13-3-8-19(9-4-13)14-5-11-24(21,22)12-14/h7,10,13-14H,1-6,8-9,11-12H2,(H,18,20)/t14-/m0/s1. The maximum absolute atomic E-state index is 12.3. The Morgan fingerprint density at radius 3 is 2.75 bits per heavy atom. The maximum Gasteiger partial charge on any atom is 0.223 e. The van der Waals surface area contributed by atoms with Crippen LogP contribution in [-0.4, -0.2) is 61.4 Å². The second-order valence-electron chi connectivity index (χ2n) is 6.69. The summed E-state index contributed by atoms with van der Waals surface area (Å²) >= 11 is 1.65. The Morgan fingerprint density at radius 2 is 2.12 bits per heavy atom. The van der Waals surface area contributed by atoms with Crippen LogP contribution in [0, 0.1) is 5.92 Å². The van der Waals surface area contributed by atoms with Crippen LogP contribution in [-0.2, 0) is 21.1 Å². The molecule has 1 N–H and O–H groups in total. The summed E-state index contributed by atoms with van der Waals surface area (Å²) in [6, 6.07) is 0.164. The molecule has 1 atom stereocenters. The van der Waals surface area contributed by atoms with E-state index in [4.69, 9.17) is 0 Å². The average Bonchev–Trinajstić information content (AvgIpc) is 3.21.